The van der Waals surface area contributed by atoms with E-state index < -0.39 is 5.97 Å². The van der Waals surface area contributed by atoms with Gasteiger partial charge in [0.25, 0.3) is 0 Å². The molecule has 1 aromatic carbocycles. The molecule has 0 aromatic heterocycles. The van der Waals surface area contributed by atoms with E-state index in [0.29, 0.717) is 17.6 Å². The third-order valence-corrected chi connectivity index (χ3v) is 3.57. The first-order valence-electron chi connectivity index (χ1n) is 5.35. The van der Waals surface area contributed by atoms with Crippen LogP contribution in [-0.2, 0) is 11.2 Å². The summed E-state index contributed by atoms with van der Waals surface area (Å²) in [6.45, 7) is 0. The molecule has 1 aromatic rings. The van der Waals surface area contributed by atoms with Crippen molar-refractivity contribution in [3.05, 3.63) is 45.4 Å². The fourth-order valence-electron chi connectivity index (χ4n) is 2.05. The Labute approximate surface area is 107 Å². The van der Waals surface area contributed by atoms with E-state index in [9.17, 15) is 9.59 Å². The van der Waals surface area contributed by atoms with Crippen LogP contribution in [0.4, 0.5) is 0 Å². The summed E-state index contributed by atoms with van der Waals surface area (Å²) < 4.78 is 0.917. The monoisotopic (exact) mass is 294 g/mol. The number of Topliss-reactive ketones (excluding diaryl/α,β-unsaturated/α-hetero) is 1. The molecule has 88 valence electrons. The van der Waals surface area contributed by atoms with Gasteiger partial charge >= 0.3 is 5.97 Å². The molecule has 0 radical (unpaired) electrons. The SMILES string of the molecule is O=C(O)/C=C1\CCCc2c(Br)cccc2C1=O. The third kappa shape index (κ3) is 2.47. The summed E-state index contributed by atoms with van der Waals surface area (Å²) in [6, 6.07) is 5.45. The van der Waals surface area contributed by atoms with Crippen molar-refractivity contribution in [1.29, 1.82) is 0 Å². The molecular weight excluding hydrogens is 284 g/mol. The predicted octanol–water partition coefficient (Wildman–Crippen LogP) is 2.98. The molecule has 0 amide bonds. The first kappa shape index (κ1) is 12.0. The van der Waals surface area contributed by atoms with E-state index in [4.69, 9.17) is 5.11 Å². The van der Waals surface area contributed by atoms with Crippen LogP contribution in [0.3, 0.4) is 0 Å². The van der Waals surface area contributed by atoms with Gasteiger partial charge < -0.3 is 5.11 Å². The Hall–Kier alpha value is -1.42. The fourth-order valence-corrected chi connectivity index (χ4v) is 2.62. The molecule has 1 N–H and O–H groups in total. The van der Waals surface area contributed by atoms with Gasteiger partial charge in [0.1, 0.15) is 0 Å². The largest absolute Gasteiger partial charge is 0.478 e. The standard InChI is InChI=1S/C13H11BrO3/c14-11-6-2-5-10-9(11)4-1-3-8(13(10)17)7-12(15)16/h2,5-7H,1,3-4H2,(H,15,16)/b8-7+. The second-order valence-electron chi connectivity index (χ2n) is 3.96. The van der Waals surface area contributed by atoms with Gasteiger partial charge in [-0.3, -0.25) is 4.79 Å². The quantitative estimate of drug-likeness (QED) is 0.640. The van der Waals surface area contributed by atoms with Crippen LogP contribution in [0.1, 0.15) is 28.8 Å². The molecule has 0 heterocycles. The van der Waals surface area contributed by atoms with Crippen molar-refractivity contribution < 1.29 is 14.7 Å². The van der Waals surface area contributed by atoms with Crippen molar-refractivity contribution in [2.45, 2.75) is 19.3 Å². The van der Waals surface area contributed by atoms with Gasteiger partial charge in [0.05, 0.1) is 0 Å². The molecule has 4 heteroatoms. The molecule has 0 unspecified atom stereocenters. The number of hydrogen-bond donors (Lipinski definition) is 1. The summed E-state index contributed by atoms with van der Waals surface area (Å²) in [5, 5.41) is 8.74. The Bertz CT molecular complexity index is 517. The van der Waals surface area contributed by atoms with Gasteiger partial charge in [0, 0.05) is 21.7 Å². The Morgan fingerprint density at radius 3 is 2.82 bits per heavy atom. The Morgan fingerprint density at radius 1 is 1.35 bits per heavy atom. The van der Waals surface area contributed by atoms with Crippen LogP contribution in [-0.4, -0.2) is 16.9 Å². The molecule has 2 rings (SSSR count). The predicted molar refractivity (Wildman–Crippen MR) is 67.1 cm³/mol. The molecule has 0 spiro atoms. The minimum Gasteiger partial charge on any atom is -0.478 e. The van der Waals surface area contributed by atoms with Gasteiger partial charge in [-0.2, -0.15) is 0 Å². The van der Waals surface area contributed by atoms with Crippen LogP contribution < -0.4 is 0 Å². The van der Waals surface area contributed by atoms with E-state index in [-0.39, 0.29) is 5.78 Å². The number of halogens is 1. The van der Waals surface area contributed by atoms with Gasteiger partial charge in [-0.15, -0.1) is 0 Å². The normalized spacial score (nSPS) is 17.7. The van der Waals surface area contributed by atoms with Gasteiger partial charge in [-0.05, 0) is 30.9 Å². The van der Waals surface area contributed by atoms with E-state index in [2.05, 4.69) is 15.9 Å². The number of carbonyl (C=O) groups excluding carboxylic acids is 1. The summed E-state index contributed by atoms with van der Waals surface area (Å²) in [6.07, 6.45) is 3.13. The maximum atomic E-state index is 12.2. The lowest BCUT2D eigenvalue weighted by Crippen LogP contribution is -2.06. The first-order chi connectivity index (χ1) is 8.09. The average molecular weight is 295 g/mol. The Morgan fingerprint density at radius 2 is 2.12 bits per heavy atom. The van der Waals surface area contributed by atoms with Crippen LogP contribution in [0.25, 0.3) is 0 Å². The number of benzene rings is 1. The molecule has 0 bridgehead atoms. The molecular formula is C13H11BrO3. The van der Waals surface area contributed by atoms with Crippen molar-refractivity contribution in [2.24, 2.45) is 0 Å². The topological polar surface area (TPSA) is 54.4 Å². The summed E-state index contributed by atoms with van der Waals surface area (Å²) in [5.74, 6) is -1.23. The lowest BCUT2D eigenvalue weighted by atomic mass is 10.00. The molecule has 0 fully saturated rings. The van der Waals surface area contributed by atoms with Crippen LogP contribution in [0.5, 0.6) is 0 Å². The minimum atomic E-state index is -1.06. The van der Waals surface area contributed by atoms with Crippen LogP contribution in [0.15, 0.2) is 34.3 Å². The Balaban J connectivity index is 2.51. The number of fused-ring (bicyclic) bond motifs is 1. The van der Waals surface area contributed by atoms with Crippen molar-refractivity contribution in [2.75, 3.05) is 0 Å². The molecule has 3 nitrogen and oxygen atoms in total. The molecule has 1 aliphatic carbocycles. The van der Waals surface area contributed by atoms with Gasteiger partial charge in [-0.1, -0.05) is 28.1 Å². The van der Waals surface area contributed by atoms with E-state index >= 15 is 0 Å². The van der Waals surface area contributed by atoms with Crippen molar-refractivity contribution in [3.63, 3.8) is 0 Å². The fraction of sp³-hybridized carbons (Fsp3) is 0.231. The summed E-state index contributed by atoms with van der Waals surface area (Å²) >= 11 is 3.43. The molecule has 17 heavy (non-hydrogen) atoms. The van der Waals surface area contributed by atoms with Gasteiger partial charge in [-0.25, -0.2) is 4.79 Å². The zero-order valence-electron chi connectivity index (χ0n) is 9.07. The number of hydrogen-bond acceptors (Lipinski definition) is 2. The maximum Gasteiger partial charge on any atom is 0.328 e. The van der Waals surface area contributed by atoms with E-state index in [0.717, 1.165) is 29.0 Å². The lowest BCUT2D eigenvalue weighted by Gasteiger charge is -2.06. The zero-order chi connectivity index (χ0) is 12.4. The van der Waals surface area contributed by atoms with Gasteiger partial charge in [0.15, 0.2) is 5.78 Å². The van der Waals surface area contributed by atoms with Gasteiger partial charge in [0.2, 0.25) is 0 Å². The van der Waals surface area contributed by atoms with Crippen molar-refractivity contribution >= 4 is 27.7 Å². The Kier molecular flexibility index (Phi) is 3.43. The highest BCUT2D eigenvalue weighted by Crippen LogP contribution is 2.29. The third-order valence-electron chi connectivity index (χ3n) is 2.83. The second-order valence-corrected chi connectivity index (χ2v) is 4.81. The maximum absolute atomic E-state index is 12.2. The number of ketones is 1. The molecule has 1 aliphatic rings. The summed E-state index contributed by atoms with van der Waals surface area (Å²) in [7, 11) is 0. The number of aliphatic carboxylic acids is 1. The molecule has 0 saturated carbocycles. The second kappa shape index (κ2) is 4.84. The minimum absolute atomic E-state index is 0.166. The number of carboxylic acids is 1. The van der Waals surface area contributed by atoms with Crippen LogP contribution in [0.2, 0.25) is 0 Å². The molecule has 0 saturated heterocycles. The van der Waals surface area contributed by atoms with E-state index in [1.54, 1.807) is 12.1 Å². The zero-order valence-corrected chi connectivity index (χ0v) is 10.7. The number of rotatable bonds is 1. The summed E-state index contributed by atoms with van der Waals surface area (Å²) in [5.41, 5.74) is 1.98. The number of carboxylic acid groups (broad SMARTS) is 1. The van der Waals surface area contributed by atoms with E-state index in [1.807, 2.05) is 6.07 Å². The molecule has 0 atom stereocenters. The summed E-state index contributed by atoms with van der Waals surface area (Å²) in [4.78, 5) is 22.8. The number of allylic oxidation sites excluding steroid dienone is 1. The highest BCUT2D eigenvalue weighted by molar-refractivity contribution is 9.10. The van der Waals surface area contributed by atoms with Crippen molar-refractivity contribution in [1.82, 2.24) is 0 Å². The smallest absolute Gasteiger partial charge is 0.328 e. The average Bonchev–Trinajstić information content (AvgIpc) is 2.41. The molecule has 0 aliphatic heterocycles. The lowest BCUT2D eigenvalue weighted by molar-refractivity contribution is -0.131. The van der Waals surface area contributed by atoms with Crippen LogP contribution >= 0.6 is 15.9 Å². The highest BCUT2D eigenvalue weighted by Gasteiger charge is 2.21. The van der Waals surface area contributed by atoms with E-state index in [1.165, 1.54) is 0 Å². The van der Waals surface area contributed by atoms with Crippen LogP contribution in [0, 0.1) is 0 Å². The first-order valence-corrected chi connectivity index (χ1v) is 6.14. The number of carbonyl (C=O) groups is 2. The highest BCUT2D eigenvalue weighted by atomic mass is 79.9. The van der Waals surface area contributed by atoms with Crippen molar-refractivity contribution in [3.8, 4) is 0 Å².